The molecule has 12 heteroatoms. The highest BCUT2D eigenvalue weighted by atomic mass is 16.2. The molecule has 0 amide bonds. The molecule has 3 aliphatic rings. The van der Waals surface area contributed by atoms with Gasteiger partial charge >= 0.3 is 17.1 Å². The van der Waals surface area contributed by atoms with Crippen LogP contribution in [0.4, 0.5) is 0 Å². The first-order chi connectivity index (χ1) is 23.3. The van der Waals surface area contributed by atoms with Crippen LogP contribution in [0, 0.1) is 17.8 Å². The molecule has 48 heavy (non-hydrogen) atoms. The molecule has 0 bridgehead atoms. The topological polar surface area (TPSA) is 154 Å². The number of aliphatic imine (C=N–C) groups is 3. The second kappa shape index (κ2) is 18.4. The highest BCUT2D eigenvalue weighted by molar-refractivity contribution is 5.34. The van der Waals surface area contributed by atoms with Gasteiger partial charge in [-0.3, -0.25) is 0 Å². The lowest BCUT2D eigenvalue weighted by atomic mass is 9.79. The quantitative estimate of drug-likeness (QED) is 0.168. The molecule has 264 valence electrons. The third-order valence-corrected chi connectivity index (χ3v) is 11.4. The first-order valence-corrected chi connectivity index (χ1v) is 18.5. The molecule has 0 radical (unpaired) electrons. The number of hydrogen-bond acceptors (Lipinski definition) is 9. The molecule has 3 aliphatic carbocycles. The van der Waals surface area contributed by atoms with E-state index < -0.39 is 35.2 Å². The first kappa shape index (κ1) is 37.4. The van der Waals surface area contributed by atoms with E-state index in [4.69, 9.17) is 0 Å². The van der Waals surface area contributed by atoms with Crippen molar-refractivity contribution in [3.05, 3.63) is 31.5 Å². The van der Waals surface area contributed by atoms with Crippen molar-refractivity contribution in [3.63, 3.8) is 0 Å². The fraction of sp³-hybridized carbons (Fsp3) is 0.833. The van der Waals surface area contributed by atoms with Crippen LogP contribution in [-0.4, -0.2) is 50.1 Å². The van der Waals surface area contributed by atoms with Crippen LogP contribution in [0.15, 0.2) is 29.4 Å². The summed E-state index contributed by atoms with van der Waals surface area (Å²) < 4.78 is 4.03. The zero-order valence-electron chi connectivity index (χ0n) is 29.1. The maximum absolute atomic E-state index is 14.5. The minimum atomic E-state index is -0.573. The van der Waals surface area contributed by atoms with Gasteiger partial charge in [0.15, 0.2) is 0 Å². The highest BCUT2D eigenvalue weighted by Crippen LogP contribution is 2.39. The van der Waals surface area contributed by atoms with Gasteiger partial charge in [0.05, 0.1) is 18.1 Å². The maximum Gasteiger partial charge on any atom is 0.336 e. The lowest BCUT2D eigenvalue weighted by Gasteiger charge is -2.37. The molecular formula is C36H54N6O6. The van der Waals surface area contributed by atoms with E-state index in [2.05, 4.69) is 15.0 Å². The smallest absolute Gasteiger partial charge is 0.247 e. The van der Waals surface area contributed by atoms with Crippen molar-refractivity contribution in [2.24, 2.45) is 32.7 Å². The van der Waals surface area contributed by atoms with Crippen molar-refractivity contribution in [3.8, 4) is 0 Å². The van der Waals surface area contributed by atoms with Crippen LogP contribution < -0.4 is 17.1 Å². The van der Waals surface area contributed by atoms with E-state index in [0.29, 0.717) is 38.5 Å². The van der Waals surface area contributed by atoms with E-state index >= 15 is 0 Å². The summed E-state index contributed by atoms with van der Waals surface area (Å²) in [6.07, 6.45) is 18.2. The van der Waals surface area contributed by atoms with Crippen LogP contribution in [0.3, 0.4) is 0 Å². The Morgan fingerprint density at radius 1 is 0.521 bits per heavy atom. The minimum Gasteiger partial charge on any atom is -0.247 e. The van der Waals surface area contributed by atoms with Gasteiger partial charge in [0.25, 0.3) is 0 Å². The predicted molar refractivity (Wildman–Crippen MR) is 183 cm³/mol. The molecule has 3 fully saturated rings. The van der Waals surface area contributed by atoms with Gasteiger partial charge in [-0.05, 0) is 94.8 Å². The molecule has 3 saturated carbocycles. The van der Waals surface area contributed by atoms with Crippen molar-refractivity contribution in [2.45, 2.75) is 173 Å². The zero-order valence-corrected chi connectivity index (χ0v) is 29.1. The molecular weight excluding hydrogens is 612 g/mol. The van der Waals surface area contributed by atoms with Gasteiger partial charge in [-0.1, -0.05) is 59.3 Å². The summed E-state index contributed by atoms with van der Waals surface area (Å²) in [4.78, 5) is 89.8. The van der Waals surface area contributed by atoms with Gasteiger partial charge in [0.1, 0.15) is 0 Å². The summed E-state index contributed by atoms with van der Waals surface area (Å²) in [6, 6.07) is -1.95. The number of rotatable bonds is 15. The van der Waals surface area contributed by atoms with Gasteiger partial charge in [0.2, 0.25) is 18.2 Å². The van der Waals surface area contributed by atoms with Gasteiger partial charge < -0.3 is 0 Å². The molecule has 0 N–H and O–H groups in total. The van der Waals surface area contributed by atoms with Crippen LogP contribution in [0.1, 0.15) is 154 Å². The van der Waals surface area contributed by atoms with Crippen LogP contribution in [0.5, 0.6) is 0 Å². The Morgan fingerprint density at radius 3 is 1.02 bits per heavy atom. The molecule has 1 aromatic rings. The van der Waals surface area contributed by atoms with Crippen LogP contribution in [-0.2, 0) is 14.4 Å². The summed E-state index contributed by atoms with van der Waals surface area (Å²) in [6.45, 7) is 6.12. The maximum atomic E-state index is 14.5. The number of carbonyl (C=O) groups excluding carboxylic acids is 3. The van der Waals surface area contributed by atoms with Gasteiger partial charge in [-0.2, -0.15) is 0 Å². The summed E-state index contributed by atoms with van der Waals surface area (Å²) >= 11 is 0. The number of nitrogens with zero attached hydrogens (tertiary/aromatic N) is 6. The first-order valence-electron chi connectivity index (χ1n) is 18.5. The Kier molecular flexibility index (Phi) is 14.3. The SMILES string of the molecule is CCCC(N=C=O)C1CCCC(n2c(=O)n(C3CCCC(C(CCC)N=C=O)C3)c(=O)n(C3CCCC(C(CCC)N=C=O)C3)c2=O)C1. The number of aromatic nitrogens is 3. The fourth-order valence-electron chi connectivity index (χ4n) is 9.19. The molecule has 0 aromatic carbocycles. The largest absolute Gasteiger partial charge is 0.336 e. The van der Waals surface area contributed by atoms with E-state index in [1.54, 1.807) is 18.2 Å². The Balaban J connectivity index is 1.83. The molecule has 1 heterocycles. The number of isocyanates is 3. The number of hydrogen-bond donors (Lipinski definition) is 0. The van der Waals surface area contributed by atoms with Crippen molar-refractivity contribution in [1.29, 1.82) is 0 Å². The molecule has 0 aliphatic heterocycles. The van der Waals surface area contributed by atoms with Crippen LogP contribution >= 0.6 is 0 Å². The van der Waals surface area contributed by atoms with Crippen molar-refractivity contribution >= 4 is 18.2 Å². The second-order valence-corrected chi connectivity index (χ2v) is 14.4. The monoisotopic (exact) mass is 666 g/mol. The lowest BCUT2D eigenvalue weighted by molar-refractivity contribution is 0.175. The summed E-state index contributed by atoms with van der Waals surface area (Å²) in [5.74, 6) is 0.0706. The van der Waals surface area contributed by atoms with E-state index in [0.717, 1.165) is 77.0 Å². The zero-order chi connectivity index (χ0) is 34.6. The third-order valence-electron chi connectivity index (χ3n) is 11.4. The Bertz CT molecular complexity index is 1330. The van der Waals surface area contributed by atoms with Crippen LogP contribution in [0.2, 0.25) is 0 Å². The van der Waals surface area contributed by atoms with E-state index in [-0.39, 0.29) is 35.9 Å². The van der Waals surface area contributed by atoms with E-state index in [1.807, 2.05) is 20.8 Å². The lowest BCUT2D eigenvalue weighted by Crippen LogP contribution is -2.58. The average Bonchev–Trinajstić information content (AvgIpc) is 3.08. The predicted octanol–water partition coefficient (Wildman–Crippen LogP) is 5.88. The summed E-state index contributed by atoms with van der Waals surface area (Å²) in [5, 5.41) is 0. The Labute approximate surface area is 282 Å². The van der Waals surface area contributed by atoms with E-state index in [9.17, 15) is 28.8 Å². The second-order valence-electron chi connectivity index (χ2n) is 14.4. The summed E-state index contributed by atoms with van der Waals surface area (Å²) in [7, 11) is 0. The van der Waals surface area contributed by atoms with E-state index in [1.165, 1.54) is 13.7 Å². The molecule has 0 spiro atoms. The van der Waals surface area contributed by atoms with Gasteiger partial charge in [-0.15, -0.1) is 0 Å². The molecule has 12 nitrogen and oxygen atoms in total. The molecule has 1 aromatic heterocycles. The Hall–Kier alpha value is -3.45. The van der Waals surface area contributed by atoms with Crippen LogP contribution in [0.25, 0.3) is 0 Å². The third kappa shape index (κ3) is 8.58. The molecule has 9 unspecified atom stereocenters. The molecule has 9 atom stereocenters. The molecule has 4 rings (SSSR count). The highest BCUT2D eigenvalue weighted by Gasteiger charge is 2.37. The average molecular weight is 667 g/mol. The van der Waals surface area contributed by atoms with Gasteiger partial charge in [0, 0.05) is 18.1 Å². The standard InChI is InChI=1S/C36H54N6O6/c1-4-10-31(37-22-43)25-13-7-16-28(19-25)40-34(46)41(29-17-8-14-26(20-29)32(11-5-2)38-23-44)36(48)42(35(40)47)30-18-9-15-27(21-30)33(12-6-3)39-24-45/h25-33H,4-21H2,1-3H3. The molecule has 0 saturated heterocycles. The van der Waals surface area contributed by atoms with Crippen molar-refractivity contribution in [2.75, 3.05) is 0 Å². The van der Waals surface area contributed by atoms with Crippen molar-refractivity contribution in [1.82, 2.24) is 13.7 Å². The van der Waals surface area contributed by atoms with Crippen molar-refractivity contribution < 1.29 is 14.4 Å². The fourth-order valence-corrected chi connectivity index (χ4v) is 9.19. The minimum absolute atomic E-state index is 0.0235. The van der Waals surface area contributed by atoms with Gasteiger partial charge in [-0.25, -0.2) is 57.4 Å². The normalized spacial score (nSPS) is 27.8. The Morgan fingerprint density at radius 2 is 0.792 bits per heavy atom. The summed E-state index contributed by atoms with van der Waals surface area (Å²) in [5.41, 5.74) is -1.72.